The Morgan fingerprint density at radius 2 is 2.10 bits per heavy atom. The zero-order chi connectivity index (χ0) is 15.2. The lowest BCUT2D eigenvalue weighted by atomic mass is 10.2. The zero-order valence-corrected chi connectivity index (χ0v) is 11.0. The van der Waals surface area contributed by atoms with Crippen LogP contribution in [0.15, 0.2) is 42.6 Å². The minimum Gasteiger partial charge on any atom is -0.480 e. The highest BCUT2D eigenvalue weighted by molar-refractivity contribution is 6.05. The van der Waals surface area contributed by atoms with E-state index in [0.29, 0.717) is 5.69 Å². The molecule has 110 valence electrons. The van der Waals surface area contributed by atoms with Gasteiger partial charge in [-0.1, -0.05) is 6.07 Å². The molecular weight excluding hydrogens is 282 g/mol. The van der Waals surface area contributed by atoms with Gasteiger partial charge in [0.25, 0.3) is 5.91 Å². The Hall–Kier alpha value is -2.70. The van der Waals surface area contributed by atoms with Crippen LogP contribution in [0.2, 0.25) is 0 Å². The number of hydrogen-bond acceptors (Lipinski definition) is 4. The Labute approximate surface area is 119 Å². The summed E-state index contributed by atoms with van der Waals surface area (Å²) in [5, 5.41) is 2.59. The number of nitrogens with one attached hydrogen (secondary N) is 1. The van der Waals surface area contributed by atoms with Crippen LogP contribution in [0.5, 0.6) is 11.6 Å². The lowest BCUT2D eigenvalue weighted by molar-refractivity contribution is -0.0498. The number of carbonyl (C=O) groups is 1. The number of halogens is 2. The molecule has 1 aromatic carbocycles. The maximum atomic E-state index is 12.2. The van der Waals surface area contributed by atoms with Crippen LogP contribution in [-0.4, -0.2) is 24.6 Å². The fraction of sp³-hybridized carbons (Fsp3) is 0.143. The molecule has 0 radical (unpaired) electrons. The highest BCUT2D eigenvalue weighted by Crippen LogP contribution is 2.22. The van der Waals surface area contributed by atoms with Crippen LogP contribution >= 0.6 is 0 Å². The minimum absolute atomic E-state index is 0.0872. The van der Waals surface area contributed by atoms with E-state index in [1.807, 2.05) is 0 Å². The van der Waals surface area contributed by atoms with Crippen LogP contribution in [0.4, 0.5) is 14.5 Å². The maximum absolute atomic E-state index is 12.2. The minimum atomic E-state index is -2.94. The predicted molar refractivity (Wildman–Crippen MR) is 71.8 cm³/mol. The Morgan fingerprint density at radius 1 is 1.29 bits per heavy atom. The van der Waals surface area contributed by atoms with Crippen molar-refractivity contribution in [2.24, 2.45) is 0 Å². The Balaban J connectivity index is 2.16. The van der Waals surface area contributed by atoms with Crippen molar-refractivity contribution in [3.63, 3.8) is 0 Å². The van der Waals surface area contributed by atoms with Gasteiger partial charge in [0.2, 0.25) is 5.88 Å². The van der Waals surface area contributed by atoms with E-state index in [0.717, 1.165) is 0 Å². The number of anilines is 1. The average Bonchev–Trinajstić information content (AvgIpc) is 2.47. The van der Waals surface area contributed by atoms with Crippen molar-refractivity contribution in [1.82, 2.24) is 4.98 Å². The molecule has 0 aliphatic carbocycles. The van der Waals surface area contributed by atoms with Crippen LogP contribution in [0.3, 0.4) is 0 Å². The van der Waals surface area contributed by atoms with Crippen LogP contribution in [0.1, 0.15) is 10.4 Å². The number of rotatable bonds is 5. The molecule has 0 saturated carbocycles. The van der Waals surface area contributed by atoms with E-state index in [1.165, 1.54) is 37.6 Å². The molecule has 0 aliphatic rings. The van der Waals surface area contributed by atoms with E-state index in [9.17, 15) is 13.6 Å². The van der Waals surface area contributed by atoms with Crippen LogP contribution in [0.25, 0.3) is 0 Å². The molecule has 0 saturated heterocycles. The van der Waals surface area contributed by atoms with E-state index in [1.54, 1.807) is 12.1 Å². The number of ether oxygens (including phenoxy) is 2. The van der Waals surface area contributed by atoms with Crippen molar-refractivity contribution in [3.8, 4) is 11.6 Å². The molecule has 1 N–H and O–H groups in total. The van der Waals surface area contributed by atoms with Gasteiger partial charge in [0.05, 0.1) is 7.11 Å². The van der Waals surface area contributed by atoms with E-state index in [-0.39, 0.29) is 17.2 Å². The van der Waals surface area contributed by atoms with Gasteiger partial charge in [-0.25, -0.2) is 4.98 Å². The third-order valence-corrected chi connectivity index (χ3v) is 2.53. The number of methoxy groups -OCH3 is 1. The summed E-state index contributed by atoms with van der Waals surface area (Å²) in [6, 6.07) is 8.75. The van der Waals surface area contributed by atoms with E-state index in [2.05, 4.69) is 15.0 Å². The molecule has 0 spiro atoms. The number of benzene rings is 1. The summed E-state index contributed by atoms with van der Waals surface area (Å²) in [5.74, 6) is -0.317. The molecule has 7 heteroatoms. The average molecular weight is 294 g/mol. The number of carbonyl (C=O) groups excluding carboxylic acids is 1. The second-order valence-corrected chi connectivity index (χ2v) is 3.92. The van der Waals surface area contributed by atoms with E-state index < -0.39 is 12.5 Å². The van der Waals surface area contributed by atoms with Gasteiger partial charge in [0.1, 0.15) is 11.4 Å². The lowest BCUT2D eigenvalue weighted by Crippen LogP contribution is -2.13. The summed E-state index contributed by atoms with van der Waals surface area (Å²) in [5.41, 5.74) is 0.559. The maximum Gasteiger partial charge on any atom is 0.387 e. The summed E-state index contributed by atoms with van der Waals surface area (Å²) >= 11 is 0. The van der Waals surface area contributed by atoms with Crippen molar-refractivity contribution < 1.29 is 23.0 Å². The quantitative estimate of drug-likeness (QED) is 0.921. The van der Waals surface area contributed by atoms with Crippen molar-refractivity contribution >= 4 is 11.6 Å². The first-order valence-corrected chi connectivity index (χ1v) is 5.95. The topological polar surface area (TPSA) is 60.5 Å². The first-order chi connectivity index (χ1) is 10.1. The number of hydrogen-bond donors (Lipinski definition) is 1. The summed E-state index contributed by atoms with van der Waals surface area (Å²) < 4.78 is 33.6. The molecule has 1 heterocycles. The fourth-order valence-corrected chi connectivity index (χ4v) is 1.66. The largest absolute Gasteiger partial charge is 0.480 e. The first kappa shape index (κ1) is 14.7. The van der Waals surface area contributed by atoms with Crippen molar-refractivity contribution in [2.45, 2.75) is 6.61 Å². The van der Waals surface area contributed by atoms with Gasteiger partial charge in [-0.3, -0.25) is 4.79 Å². The van der Waals surface area contributed by atoms with Gasteiger partial charge in [-0.05, 0) is 30.3 Å². The number of nitrogens with zero attached hydrogens (tertiary/aromatic N) is 1. The Morgan fingerprint density at radius 3 is 2.81 bits per heavy atom. The standard InChI is InChI=1S/C14H12F2N2O3/c1-20-13-11(6-3-7-17-13)18-12(19)9-4-2-5-10(8-9)21-14(15)16/h2-8,14H,1H3,(H,18,19). The zero-order valence-electron chi connectivity index (χ0n) is 11.0. The second kappa shape index (κ2) is 6.65. The van der Waals surface area contributed by atoms with Crippen LogP contribution in [0, 0.1) is 0 Å². The number of aromatic nitrogens is 1. The SMILES string of the molecule is COc1ncccc1NC(=O)c1cccc(OC(F)F)c1. The van der Waals surface area contributed by atoms with Gasteiger partial charge >= 0.3 is 6.61 Å². The smallest absolute Gasteiger partial charge is 0.387 e. The molecule has 2 rings (SSSR count). The Bertz CT molecular complexity index is 635. The number of pyridine rings is 1. The molecule has 0 unspecified atom stereocenters. The van der Waals surface area contributed by atoms with E-state index >= 15 is 0 Å². The van der Waals surface area contributed by atoms with Crippen molar-refractivity contribution in [1.29, 1.82) is 0 Å². The van der Waals surface area contributed by atoms with Gasteiger partial charge in [0.15, 0.2) is 0 Å². The highest BCUT2D eigenvalue weighted by atomic mass is 19.3. The predicted octanol–water partition coefficient (Wildman–Crippen LogP) is 2.94. The molecule has 5 nitrogen and oxygen atoms in total. The molecule has 0 atom stereocenters. The highest BCUT2D eigenvalue weighted by Gasteiger charge is 2.12. The molecule has 21 heavy (non-hydrogen) atoms. The van der Waals surface area contributed by atoms with Crippen molar-refractivity contribution in [3.05, 3.63) is 48.2 Å². The Kier molecular flexibility index (Phi) is 4.65. The monoisotopic (exact) mass is 294 g/mol. The summed E-state index contributed by atoms with van der Waals surface area (Å²) in [7, 11) is 1.43. The third kappa shape index (κ3) is 3.88. The van der Waals surface area contributed by atoms with Gasteiger partial charge in [0, 0.05) is 11.8 Å². The summed E-state index contributed by atoms with van der Waals surface area (Å²) in [6.07, 6.45) is 1.52. The van der Waals surface area contributed by atoms with Gasteiger partial charge in [-0.2, -0.15) is 8.78 Å². The third-order valence-electron chi connectivity index (χ3n) is 2.53. The van der Waals surface area contributed by atoms with Gasteiger partial charge in [-0.15, -0.1) is 0 Å². The summed E-state index contributed by atoms with van der Waals surface area (Å²) in [4.78, 5) is 16.0. The van der Waals surface area contributed by atoms with Crippen LogP contribution in [-0.2, 0) is 0 Å². The lowest BCUT2D eigenvalue weighted by Gasteiger charge is -2.10. The molecule has 1 amide bonds. The fourth-order valence-electron chi connectivity index (χ4n) is 1.66. The second-order valence-electron chi connectivity index (χ2n) is 3.92. The molecular formula is C14H12F2N2O3. The molecule has 0 aliphatic heterocycles. The van der Waals surface area contributed by atoms with Crippen LogP contribution < -0.4 is 14.8 Å². The molecule has 0 bridgehead atoms. The van der Waals surface area contributed by atoms with Gasteiger partial charge < -0.3 is 14.8 Å². The number of alkyl halides is 2. The first-order valence-electron chi connectivity index (χ1n) is 5.95. The van der Waals surface area contributed by atoms with E-state index in [4.69, 9.17) is 4.74 Å². The normalized spacial score (nSPS) is 10.3. The molecule has 1 aromatic heterocycles. The summed E-state index contributed by atoms with van der Waals surface area (Å²) in [6.45, 7) is -2.94. The number of amides is 1. The van der Waals surface area contributed by atoms with Crippen molar-refractivity contribution in [2.75, 3.05) is 12.4 Å². The molecule has 0 fully saturated rings. The molecule has 2 aromatic rings.